The summed E-state index contributed by atoms with van der Waals surface area (Å²) in [6.45, 7) is 4.19. The predicted molar refractivity (Wildman–Crippen MR) is 98.5 cm³/mol. The highest BCUT2D eigenvalue weighted by molar-refractivity contribution is 5.74. The third kappa shape index (κ3) is 3.60. The molecule has 1 N–H and O–H groups in total. The van der Waals surface area contributed by atoms with Crippen molar-refractivity contribution in [3.8, 4) is 0 Å². The van der Waals surface area contributed by atoms with Crippen molar-refractivity contribution >= 4 is 11.8 Å². The van der Waals surface area contributed by atoms with E-state index < -0.39 is 0 Å². The molecule has 0 aliphatic carbocycles. The molecule has 1 saturated heterocycles. The van der Waals surface area contributed by atoms with Gasteiger partial charge in [0.1, 0.15) is 5.82 Å². The molecule has 25 heavy (non-hydrogen) atoms. The van der Waals surface area contributed by atoms with Gasteiger partial charge < -0.3 is 15.1 Å². The molecule has 2 aliphatic rings. The number of hydrogen-bond acceptors (Lipinski definition) is 3. The summed E-state index contributed by atoms with van der Waals surface area (Å²) < 4.78 is 0. The van der Waals surface area contributed by atoms with E-state index in [0.717, 1.165) is 56.8 Å². The molecule has 1 aromatic heterocycles. The molecule has 5 nitrogen and oxygen atoms in total. The molecule has 4 rings (SSSR count). The lowest BCUT2D eigenvalue weighted by Crippen LogP contribution is -2.37. The quantitative estimate of drug-likeness (QED) is 0.937. The van der Waals surface area contributed by atoms with Crippen LogP contribution in [-0.2, 0) is 19.5 Å². The van der Waals surface area contributed by atoms with Crippen molar-refractivity contribution in [3.63, 3.8) is 0 Å². The van der Waals surface area contributed by atoms with Gasteiger partial charge in [0.05, 0.1) is 0 Å². The predicted octanol–water partition coefficient (Wildman–Crippen LogP) is 2.95. The largest absolute Gasteiger partial charge is 0.352 e. The van der Waals surface area contributed by atoms with E-state index in [-0.39, 0.29) is 6.03 Å². The van der Waals surface area contributed by atoms with Gasteiger partial charge in [-0.3, -0.25) is 0 Å². The van der Waals surface area contributed by atoms with E-state index in [4.69, 9.17) is 0 Å². The van der Waals surface area contributed by atoms with Crippen LogP contribution in [0.25, 0.3) is 0 Å². The molecule has 2 aliphatic heterocycles. The first-order valence-corrected chi connectivity index (χ1v) is 9.09. The molecule has 0 unspecified atom stereocenters. The molecule has 3 heterocycles. The molecule has 0 radical (unpaired) electrons. The van der Waals surface area contributed by atoms with Gasteiger partial charge in [-0.15, -0.1) is 0 Å². The normalized spacial score (nSPS) is 16.6. The van der Waals surface area contributed by atoms with Crippen LogP contribution in [0.3, 0.4) is 0 Å². The number of pyridine rings is 1. The summed E-state index contributed by atoms with van der Waals surface area (Å²) in [6, 6.07) is 12.8. The van der Waals surface area contributed by atoms with Gasteiger partial charge in [0.25, 0.3) is 0 Å². The first-order chi connectivity index (χ1) is 12.3. The van der Waals surface area contributed by atoms with E-state index in [2.05, 4.69) is 51.6 Å². The van der Waals surface area contributed by atoms with Crippen LogP contribution in [0.5, 0.6) is 0 Å². The zero-order chi connectivity index (χ0) is 17.1. The van der Waals surface area contributed by atoms with Crippen molar-refractivity contribution < 1.29 is 4.79 Å². The number of amides is 2. The molecule has 2 aromatic rings. The third-order valence-corrected chi connectivity index (χ3v) is 5.10. The molecule has 5 heteroatoms. The molecular formula is C20H24N4O. The summed E-state index contributed by atoms with van der Waals surface area (Å²) >= 11 is 0. The number of likely N-dealkylation sites (tertiary alicyclic amines) is 1. The summed E-state index contributed by atoms with van der Waals surface area (Å²) in [7, 11) is 0. The number of aromatic nitrogens is 1. The summed E-state index contributed by atoms with van der Waals surface area (Å²) in [5, 5.41) is 2.99. The Balaban J connectivity index is 1.35. The van der Waals surface area contributed by atoms with Gasteiger partial charge in [-0.05, 0) is 42.0 Å². The SMILES string of the molecule is O=C(NCc1ccc(N2CCc3ccccc3C2)nc1)N1CCCC1. The average Bonchev–Trinajstić information content (AvgIpc) is 3.21. The summed E-state index contributed by atoms with van der Waals surface area (Å²) in [5.74, 6) is 1.00. The fourth-order valence-electron chi connectivity index (χ4n) is 3.61. The zero-order valence-electron chi connectivity index (χ0n) is 14.4. The average molecular weight is 336 g/mol. The Morgan fingerprint density at radius 3 is 2.60 bits per heavy atom. The topological polar surface area (TPSA) is 48.5 Å². The molecule has 130 valence electrons. The smallest absolute Gasteiger partial charge is 0.317 e. The maximum atomic E-state index is 12.0. The monoisotopic (exact) mass is 336 g/mol. The number of nitrogens with one attached hydrogen (secondary N) is 1. The number of carbonyl (C=O) groups excluding carboxylic acids is 1. The van der Waals surface area contributed by atoms with E-state index in [1.807, 2.05) is 11.1 Å². The Bertz CT molecular complexity index is 738. The highest BCUT2D eigenvalue weighted by Gasteiger charge is 2.18. The van der Waals surface area contributed by atoms with Crippen LogP contribution in [0.2, 0.25) is 0 Å². The first kappa shape index (κ1) is 15.9. The second-order valence-corrected chi connectivity index (χ2v) is 6.82. The molecule has 0 atom stereocenters. The number of hydrogen-bond donors (Lipinski definition) is 1. The number of rotatable bonds is 3. The highest BCUT2D eigenvalue weighted by Crippen LogP contribution is 2.23. The van der Waals surface area contributed by atoms with E-state index in [0.29, 0.717) is 6.54 Å². The van der Waals surface area contributed by atoms with Crippen molar-refractivity contribution in [3.05, 3.63) is 59.3 Å². The van der Waals surface area contributed by atoms with Crippen molar-refractivity contribution in [2.24, 2.45) is 0 Å². The minimum Gasteiger partial charge on any atom is -0.352 e. The molecular weight excluding hydrogens is 312 g/mol. The summed E-state index contributed by atoms with van der Waals surface area (Å²) in [4.78, 5) is 20.8. The molecule has 2 amide bonds. The number of fused-ring (bicyclic) bond motifs is 1. The second-order valence-electron chi connectivity index (χ2n) is 6.82. The van der Waals surface area contributed by atoms with Crippen molar-refractivity contribution in [2.75, 3.05) is 24.5 Å². The Hall–Kier alpha value is -2.56. The minimum absolute atomic E-state index is 0.0363. The summed E-state index contributed by atoms with van der Waals surface area (Å²) in [6.07, 6.45) is 5.16. The third-order valence-electron chi connectivity index (χ3n) is 5.10. The van der Waals surface area contributed by atoms with Gasteiger partial charge >= 0.3 is 6.03 Å². The number of nitrogens with zero attached hydrogens (tertiary/aromatic N) is 3. The van der Waals surface area contributed by atoms with E-state index in [9.17, 15) is 4.79 Å². The van der Waals surface area contributed by atoms with Crippen molar-refractivity contribution in [1.82, 2.24) is 15.2 Å². The van der Waals surface area contributed by atoms with Crippen molar-refractivity contribution in [2.45, 2.75) is 32.4 Å². The standard InChI is InChI=1S/C20H24N4O/c25-20(23-10-3-4-11-23)22-14-16-7-8-19(21-13-16)24-12-9-17-5-1-2-6-18(17)15-24/h1-2,5-8,13H,3-4,9-12,14-15H2,(H,22,25). The van der Waals surface area contributed by atoms with Gasteiger partial charge in [0.15, 0.2) is 0 Å². The van der Waals surface area contributed by atoms with Gasteiger partial charge in [-0.1, -0.05) is 30.3 Å². The number of carbonyl (C=O) groups is 1. The van der Waals surface area contributed by atoms with Gasteiger partial charge in [0, 0.05) is 38.9 Å². The molecule has 1 fully saturated rings. The Kier molecular flexibility index (Phi) is 4.55. The molecule has 1 aromatic carbocycles. The van der Waals surface area contributed by atoms with Crippen molar-refractivity contribution in [1.29, 1.82) is 0 Å². The highest BCUT2D eigenvalue weighted by atomic mass is 16.2. The Morgan fingerprint density at radius 1 is 1.04 bits per heavy atom. The van der Waals surface area contributed by atoms with Crippen LogP contribution in [-0.4, -0.2) is 35.5 Å². The van der Waals surface area contributed by atoms with Crippen LogP contribution in [0.1, 0.15) is 29.5 Å². The van der Waals surface area contributed by atoms with Crippen LogP contribution >= 0.6 is 0 Å². The number of benzene rings is 1. The van der Waals surface area contributed by atoms with Crippen LogP contribution in [0, 0.1) is 0 Å². The van der Waals surface area contributed by atoms with Gasteiger partial charge in [-0.25, -0.2) is 9.78 Å². The Labute approximate surface area is 148 Å². The van der Waals surface area contributed by atoms with Crippen LogP contribution in [0.15, 0.2) is 42.6 Å². The van der Waals surface area contributed by atoms with Crippen LogP contribution in [0.4, 0.5) is 10.6 Å². The minimum atomic E-state index is 0.0363. The van der Waals surface area contributed by atoms with E-state index in [1.54, 1.807) is 0 Å². The molecule has 0 bridgehead atoms. The fourth-order valence-corrected chi connectivity index (χ4v) is 3.61. The van der Waals surface area contributed by atoms with E-state index in [1.165, 1.54) is 11.1 Å². The number of anilines is 1. The van der Waals surface area contributed by atoms with E-state index >= 15 is 0 Å². The lowest BCUT2D eigenvalue weighted by atomic mass is 10.00. The maximum Gasteiger partial charge on any atom is 0.317 e. The van der Waals surface area contributed by atoms with Gasteiger partial charge in [0.2, 0.25) is 0 Å². The first-order valence-electron chi connectivity index (χ1n) is 9.09. The lowest BCUT2D eigenvalue weighted by molar-refractivity contribution is 0.208. The maximum absolute atomic E-state index is 12.0. The second kappa shape index (κ2) is 7.13. The lowest BCUT2D eigenvalue weighted by Gasteiger charge is -2.29. The molecule has 0 spiro atoms. The fraction of sp³-hybridized carbons (Fsp3) is 0.400. The van der Waals surface area contributed by atoms with Crippen LogP contribution < -0.4 is 10.2 Å². The zero-order valence-corrected chi connectivity index (χ0v) is 14.4. The number of urea groups is 1. The molecule has 0 saturated carbocycles. The van der Waals surface area contributed by atoms with Gasteiger partial charge in [-0.2, -0.15) is 0 Å². The Morgan fingerprint density at radius 2 is 1.84 bits per heavy atom. The summed E-state index contributed by atoms with van der Waals surface area (Å²) in [5.41, 5.74) is 3.87.